The van der Waals surface area contributed by atoms with Gasteiger partial charge in [-0.2, -0.15) is 0 Å². The standard InChI is InChI=1S/C7H6BrNS/c1-5-7(8)3-6(10-5)4-9-2/h3H,4H2,1H3. The van der Waals surface area contributed by atoms with E-state index in [1.165, 1.54) is 4.88 Å². The van der Waals surface area contributed by atoms with E-state index in [0.29, 0.717) is 6.54 Å². The molecule has 0 saturated heterocycles. The van der Waals surface area contributed by atoms with E-state index in [0.717, 1.165) is 9.35 Å². The number of thiophene rings is 1. The lowest BCUT2D eigenvalue weighted by Crippen LogP contribution is -1.64. The van der Waals surface area contributed by atoms with Gasteiger partial charge in [0.05, 0.1) is 4.88 Å². The Morgan fingerprint density at radius 1 is 1.80 bits per heavy atom. The largest absolute Gasteiger partial charge is 0.311 e. The topological polar surface area (TPSA) is 4.36 Å². The van der Waals surface area contributed by atoms with Crippen LogP contribution in [0.15, 0.2) is 10.5 Å². The number of hydrogen-bond donors (Lipinski definition) is 0. The van der Waals surface area contributed by atoms with Crippen molar-refractivity contribution < 1.29 is 0 Å². The Labute approximate surface area is 72.6 Å². The summed E-state index contributed by atoms with van der Waals surface area (Å²) in [4.78, 5) is 5.69. The molecule has 1 rings (SSSR count). The predicted octanol–water partition coefficient (Wildman–Crippen LogP) is 3.24. The van der Waals surface area contributed by atoms with Gasteiger partial charge < -0.3 is 4.85 Å². The monoisotopic (exact) mass is 215 g/mol. The Kier molecular flexibility index (Phi) is 2.47. The molecule has 0 aliphatic carbocycles. The minimum Gasteiger partial charge on any atom is -0.311 e. The fraction of sp³-hybridized carbons (Fsp3) is 0.286. The third-order valence-corrected chi connectivity index (χ3v) is 3.26. The molecule has 0 saturated carbocycles. The van der Waals surface area contributed by atoms with Crippen molar-refractivity contribution in [3.8, 4) is 0 Å². The summed E-state index contributed by atoms with van der Waals surface area (Å²) < 4.78 is 1.12. The molecule has 0 fully saturated rings. The molecule has 0 radical (unpaired) electrons. The smallest absolute Gasteiger partial charge is 0.248 e. The van der Waals surface area contributed by atoms with Crippen LogP contribution in [0.2, 0.25) is 0 Å². The van der Waals surface area contributed by atoms with Crippen LogP contribution in [-0.2, 0) is 6.54 Å². The van der Waals surface area contributed by atoms with Gasteiger partial charge in [-0.05, 0) is 28.9 Å². The van der Waals surface area contributed by atoms with Crippen molar-refractivity contribution in [2.75, 3.05) is 0 Å². The van der Waals surface area contributed by atoms with Crippen LogP contribution < -0.4 is 0 Å². The minimum atomic E-state index is 0.511. The van der Waals surface area contributed by atoms with Gasteiger partial charge in [0.15, 0.2) is 0 Å². The molecule has 0 aliphatic rings. The molecule has 0 unspecified atom stereocenters. The van der Waals surface area contributed by atoms with Gasteiger partial charge in [0.2, 0.25) is 6.54 Å². The van der Waals surface area contributed by atoms with Crippen molar-refractivity contribution in [1.82, 2.24) is 0 Å². The van der Waals surface area contributed by atoms with Gasteiger partial charge in [0.25, 0.3) is 0 Å². The maximum Gasteiger partial charge on any atom is 0.248 e. The molecule has 52 valence electrons. The highest BCUT2D eigenvalue weighted by molar-refractivity contribution is 9.10. The van der Waals surface area contributed by atoms with Crippen LogP contribution in [0.5, 0.6) is 0 Å². The third-order valence-electron chi connectivity index (χ3n) is 1.14. The maximum atomic E-state index is 6.64. The Morgan fingerprint density at radius 2 is 2.50 bits per heavy atom. The molecule has 1 nitrogen and oxygen atoms in total. The molecule has 0 aliphatic heterocycles. The quantitative estimate of drug-likeness (QED) is 0.634. The molecule has 10 heavy (non-hydrogen) atoms. The van der Waals surface area contributed by atoms with Crippen molar-refractivity contribution in [3.05, 3.63) is 31.7 Å². The van der Waals surface area contributed by atoms with Gasteiger partial charge in [-0.15, -0.1) is 11.3 Å². The first-order chi connectivity index (χ1) is 4.74. The highest BCUT2D eigenvalue weighted by atomic mass is 79.9. The number of rotatable bonds is 1. The first-order valence-corrected chi connectivity index (χ1v) is 4.43. The normalized spacial score (nSPS) is 9.30. The van der Waals surface area contributed by atoms with Crippen molar-refractivity contribution in [1.29, 1.82) is 0 Å². The number of aryl methyl sites for hydroxylation is 1. The zero-order valence-electron chi connectivity index (χ0n) is 5.52. The summed E-state index contributed by atoms with van der Waals surface area (Å²) in [7, 11) is 0. The van der Waals surface area contributed by atoms with Crippen molar-refractivity contribution in [2.45, 2.75) is 13.5 Å². The summed E-state index contributed by atoms with van der Waals surface area (Å²) in [5.74, 6) is 0. The van der Waals surface area contributed by atoms with Crippen LogP contribution in [0.25, 0.3) is 4.85 Å². The fourth-order valence-electron chi connectivity index (χ4n) is 0.674. The van der Waals surface area contributed by atoms with Crippen molar-refractivity contribution in [3.63, 3.8) is 0 Å². The summed E-state index contributed by atoms with van der Waals surface area (Å²) in [6, 6.07) is 2.01. The second-order valence-corrected chi connectivity index (χ2v) is 4.13. The van der Waals surface area contributed by atoms with Crippen molar-refractivity contribution >= 4 is 27.3 Å². The van der Waals surface area contributed by atoms with E-state index in [9.17, 15) is 0 Å². The molecule has 1 heterocycles. The summed E-state index contributed by atoms with van der Waals surface area (Å²) in [5.41, 5.74) is 0. The lowest BCUT2D eigenvalue weighted by Gasteiger charge is -1.77. The molecule has 0 aromatic carbocycles. The number of hydrogen-bond acceptors (Lipinski definition) is 1. The molecule has 1 aromatic rings. The summed E-state index contributed by atoms with van der Waals surface area (Å²) in [6.07, 6.45) is 0. The molecule has 1 aromatic heterocycles. The zero-order valence-corrected chi connectivity index (χ0v) is 7.92. The lowest BCUT2D eigenvalue weighted by atomic mass is 10.4. The van der Waals surface area contributed by atoms with Gasteiger partial charge in [-0.3, -0.25) is 0 Å². The van der Waals surface area contributed by atoms with Gasteiger partial charge in [0.1, 0.15) is 0 Å². The van der Waals surface area contributed by atoms with E-state index >= 15 is 0 Å². The molecule has 3 heteroatoms. The van der Waals surface area contributed by atoms with Crippen LogP contribution in [-0.4, -0.2) is 0 Å². The first kappa shape index (κ1) is 7.77. The van der Waals surface area contributed by atoms with E-state index in [2.05, 4.69) is 20.8 Å². The van der Waals surface area contributed by atoms with E-state index in [1.54, 1.807) is 11.3 Å². The van der Waals surface area contributed by atoms with Crippen molar-refractivity contribution in [2.24, 2.45) is 0 Å². The van der Waals surface area contributed by atoms with Crippen LogP contribution in [0.3, 0.4) is 0 Å². The molecular weight excluding hydrogens is 210 g/mol. The van der Waals surface area contributed by atoms with E-state index in [-0.39, 0.29) is 0 Å². The van der Waals surface area contributed by atoms with Crippen LogP contribution in [0.4, 0.5) is 0 Å². The van der Waals surface area contributed by atoms with Gasteiger partial charge in [-0.25, -0.2) is 6.57 Å². The number of halogens is 1. The van der Waals surface area contributed by atoms with Crippen LogP contribution in [0, 0.1) is 13.5 Å². The second kappa shape index (κ2) is 3.18. The molecule has 0 atom stereocenters. The van der Waals surface area contributed by atoms with Gasteiger partial charge in [0, 0.05) is 9.35 Å². The van der Waals surface area contributed by atoms with Gasteiger partial charge >= 0.3 is 0 Å². The summed E-state index contributed by atoms with van der Waals surface area (Å²) in [5, 5.41) is 0. The third kappa shape index (κ3) is 1.59. The van der Waals surface area contributed by atoms with E-state index in [4.69, 9.17) is 6.57 Å². The second-order valence-electron chi connectivity index (χ2n) is 1.93. The summed E-state index contributed by atoms with van der Waals surface area (Å²) >= 11 is 5.07. The molecular formula is C7H6BrNS. The highest BCUT2D eigenvalue weighted by Crippen LogP contribution is 2.26. The number of nitrogens with zero attached hydrogens (tertiary/aromatic N) is 1. The molecule has 0 bridgehead atoms. The lowest BCUT2D eigenvalue weighted by molar-refractivity contribution is 1.34. The molecule has 0 amide bonds. The highest BCUT2D eigenvalue weighted by Gasteiger charge is 2.02. The Hall–Kier alpha value is -0.330. The molecule has 0 N–H and O–H groups in total. The maximum absolute atomic E-state index is 6.64. The van der Waals surface area contributed by atoms with Crippen LogP contribution >= 0.6 is 27.3 Å². The van der Waals surface area contributed by atoms with Gasteiger partial charge in [-0.1, -0.05) is 0 Å². The SMILES string of the molecule is [C-]#[N+]Cc1cc(Br)c(C)s1. The Bertz CT molecular complexity index is 252. The Morgan fingerprint density at radius 3 is 2.90 bits per heavy atom. The Balaban J connectivity index is 2.90. The zero-order chi connectivity index (χ0) is 7.56. The summed E-state index contributed by atoms with van der Waals surface area (Å²) in [6.45, 7) is 9.19. The average Bonchev–Trinajstić information content (AvgIpc) is 2.14. The van der Waals surface area contributed by atoms with E-state index < -0.39 is 0 Å². The fourth-order valence-corrected chi connectivity index (χ4v) is 2.20. The first-order valence-electron chi connectivity index (χ1n) is 2.82. The van der Waals surface area contributed by atoms with E-state index in [1.807, 2.05) is 13.0 Å². The predicted molar refractivity (Wildman–Crippen MR) is 47.1 cm³/mol. The van der Waals surface area contributed by atoms with Crippen LogP contribution in [0.1, 0.15) is 9.75 Å². The minimum absolute atomic E-state index is 0.511. The molecule has 0 spiro atoms. The average molecular weight is 216 g/mol.